The maximum atomic E-state index is 13.0. The Balaban J connectivity index is 1.44. The van der Waals surface area contributed by atoms with Crippen LogP contribution in [0.3, 0.4) is 0 Å². The largest absolute Gasteiger partial charge is 0.490 e. The van der Waals surface area contributed by atoms with Crippen molar-refractivity contribution >= 4 is 63.2 Å². The highest BCUT2D eigenvalue weighted by Gasteiger charge is 2.35. The summed E-state index contributed by atoms with van der Waals surface area (Å²) in [6.07, 6.45) is 1.67. The zero-order chi connectivity index (χ0) is 27.9. The summed E-state index contributed by atoms with van der Waals surface area (Å²) in [6.45, 7) is 6.41. The molecule has 7 nitrogen and oxygen atoms in total. The quantitative estimate of drug-likeness (QED) is 0.186. The van der Waals surface area contributed by atoms with Crippen LogP contribution in [0, 0.1) is 3.57 Å². The number of halogens is 1. The van der Waals surface area contributed by atoms with Gasteiger partial charge in [-0.1, -0.05) is 50.2 Å². The van der Waals surface area contributed by atoms with E-state index in [-0.39, 0.29) is 36.1 Å². The lowest BCUT2D eigenvalue weighted by Crippen LogP contribution is -2.27. The van der Waals surface area contributed by atoms with Crippen LogP contribution in [-0.4, -0.2) is 35.2 Å². The third kappa shape index (κ3) is 7.42. The number of rotatable bonds is 10. The first-order chi connectivity index (χ1) is 18.7. The molecule has 3 amide bonds. The smallest absolute Gasteiger partial charge is 0.293 e. The normalized spacial score (nSPS) is 14.3. The minimum absolute atomic E-state index is 0.191. The predicted molar refractivity (Wildman–Crippen MR) is 163 cm³/mol. The van der Waals surface area contributed by atoms with Gasteiger partial charge < -0.3 is 14.8 Å². The monoisotopic (exact) mass is 656 g/mol. The Morgan fingerprint density at radius 3 is 2.49 bits per heavy atom. The van der Waals surface area contributed by atoms with Crippen molar-refractivity contribution in [2.24, 2.45) is 0 Å². The maximum absolute atomic E-state index is 13.0. The second-order valence-electron chi connectivity index (χ2n) is 9.11. The molecule has 39 heavy (non-hydrogen) atoms. The first-order valence-electron chi connectivity index (χ1n) is 12.5. The van der Waals surface area contributed by atoms with E-state index in [9.17, 15) is 14.4 Å². The van der Waals surface area contributed by atoms with Crippen molar-refractivity contribution in [3.63, 3.8) is 0 Å². The number of imide groups is 1. The van der Waals surface area contributed by atoms with E-state index in [4.69, 9.17) is 9.47 Å². The number of carbonyl (C=O) groups is 3. The van der Waals surface area contributed by atoms with Gasteiger partial charge in [-0.25, -0.2) is 0 Å². The molecule has 3 aromatic rings. The van der Waals surface area contributed by atoms with Crippen LogP contribution in [0.1, 0.15) is 43.4 Å². The second kappa shape index (κ2) is 13.2. The number of hydrogen-bond donors (Lipinski definition) is 1. The van der Waals surface area contributed by atoms with E-state index in [1.165, 1.54) is 4.90 Å². The van der Waals surface area contributed by atoms with Crippen LogP contribution in [0.15, 0.2) is 71.6 Å². The highest BCUT2D eigenvalue weighted by Crippen LogP contribution is 2.35. The highest BCUT2D eigenvalue weighted by molar-refractivity contribution is 14.1. The SMILES string of the molecule is CCOc1cc(/C=C2\SC(=O)N(Cc3ccc(I)cc3)C2=O)ccc1OCC(=O)Nc1ccccc1C(C)C. The molecule has 1 heterocycles. The van der Waals surface area contributed by atoms with Gasteiger partial charge >= 0.3 is 0 Å². The van der Waals surface area contributed by atoms with E-state index < -0.39 is 0 Å². The zero-order valence-corrected chi connectivity index (χ0v) is 24.9. The van der Waals surface area contributed by atoms with Crippen LogP contribution < -0.4 is 14.8 Å². The number of amides is 3. The Kier molecular flexibility index (Phi) is 9.68. The Morgan fingerprint density at radius 1 is 1.03 bits per heavy atom. The molecule has 0 atom stereocenters. The standard InChI is InChI=1S/C30H29IN2O5S/c1-4-37-26-15-21(16-27-29(35)33(30(36)39-27)17-20-9-12-22(31)13-10-20)11-14-25(26)38-18-28(34)32-24-8-6-5-7-23(24)19(2)3/h5-16,19H,4,17-18H2,1-3H3,(H,32,34)/b27-16-. The van der Waals surface area contributed by atoms with E-state index in [0.29, 0.717) is 28.6 Å². The van der Waals surface area contributed by atoms with Gasteiger partial charge in [0.25, 0.3) is 17.1 Å². The van der Waals surface area contributed by atoms with Crippen molar-refractivity contribution in [1.82, 2.24) is 4.90 Å². The molecule has 1 aliphatic heterocycles. The van der Waals surface area contributed by atoms with Crippen molar-refractivity contribution < 1.29 is 23.9 Å². The first-order valence-corrected chi connectivity index (χ1v) is 14.4. The third-order valence-corrected chi connectivity index (χ3v) is 7.54. The van der Waals surface area contributed by atoms with Crippen molar-refractivity contribution in [3.8, 4) is 11.5 Å². The first kappa shape index (κ1) is 28.7. The van der Waals surface area contributed by atoms with E-state index >= 15 is 0 Å². The molecule has 0 radical (unpaired) electrons. The Hall–Kier alpha value is -3.31. The number of thioether (sulfide) groups is 1. The Morgan fingerprint density at radius 2 is 1.77 bits per heavy atom. The minimum atomic E-state index is -0.333. The topological polar surface area (TPSA) is 84.9 Å². The summed E-state index contributed by atoms with van der Waals surface area (Å²) < 4.78 is 12.6. The average molecular weight is 657 g/mol. The zero-order valence-electron chi connectivity index (χ0n) is 21.9. The van der Waals surface area contributed by atoms with E-state index in [1.54, 1.807) is 24.3 Å². The molecule has 1 fully saturated rings. The summed E-state index contributed by atoms with van der Waals surface area (Å²) in [4.78, 5) is 39.7. The second-order valence-corrected chi connectivity index (χ2v) is 11.4. The predicted octanol–water partition coefficient (Wildman–Crippen LogP) is 7.07. The molecular formula is C30H29IN2O5S. The lowest BCUT2D eigenvalue weighted by atomic mass is 10.0. The molecule has 0 saturated carbocycles. The molecule has 4 rings (SSSR count). The van der Waals surface area contributed by atoms with Gasteiger partial charge in [0.15, 0.2) is 18.1 Å². The molecule has 1 N–H and O–H groups in total. The van der Waals surface area contributed by atoms with E-state index in [1.807, 2.05) is 55.5 Å². The van der Waals surface area contributed by atoms with Gasteiger partial charge in [-0.3, -0.25) is 19.3 Å². The van der Waals surface area contributed by atoms with Crippen LogP contribution in [-0.2, 0) is 16.1 Å². The molecule has 1 saturated heterocycles. The molecule has 202 valence electrons. The van der Waals surface area contributed by atoms with Crippen LogP contribution in [0.4, 0.5) is 10.5 Å². The van der Waals surface area contributed by atoms with Gasteiger partial charge in [-0.2, -0.15) is 0 Å². The van der Waals surface area contributed by atoms with Gasteiger partial charge in [-0.05, 0) is 100 Å². The fraction of sp³-hybridized carbons (Fsp3) is 0.233. The molecule has 0 spiro atoms. The number of nitrogens with one attached hydrogen (secondary N) is 1. The summed E-state index contributed by atoms with van der Waals surface area (Å²) in [7, 11) is 0. The van der Waals surface area contributed by atoms with Gasteiger partial charge in [0, 0.05) is 9.26 Å². The average Bonchev–Trinajstić information content (AvgIpc) is 3.17. The molecule has 0 unspecified atom stereocenters. The van der Waals surface area contributed by atoms with Crippen molar-refractivity contribution in [2.45, 2.75) is 33.2 Å². The fourth-order valence-corrected chi connectivity index (χ4v) is 5.20. The Labute approximate surface area is 246 Å². The van der Waals surface area contributed by atoms with Crippen LogP contribution in [0.2, 0.25) is 0 Å². The number of nitrogens with zero attached hydrogens (tertiary/aromatic N) is 1. The number of carbonyl (C=O) groups excluding carboxylic acids is 3. The number of ether oxygens (including phenoxy) is 2. The number of hydrogen-bond acceptors (Lipinski definition) is 6. The lowest BCUT2D eigenvalue weighted by molar-refractivity contribution is -0.123. The number of benzene rings is 3. The maximum Gasteiger partial charge on any atom is 0.293 e. The summed E-state index contributed by atoms with van der Waals surface area (Å²) in [5, 5.41) is 2.61. The van der Waals surface area contributed by atoms with Crippen molar-refractivity contribution in [3.05, 3.63) is 91.9 Å². The summed E-state index contributed by atoms with van der Waals surface area (Å²) in [6, 6.07) is 20.6. The molecular weight excluding hydrogens is 627 g/mol. The molecule has 0 bridgehead atoms. The minimum Gasteiger partial charge on any atom is -0.490 e. The summed E-state index contributed by atoms with van der Waals surface area (Å²) >= 11 is 3.12. The summed E-state index contributed by atoms with van der Waals surface area (Å²) in [5.74, 6) is 0.507. The van der Waals surface area contributed by atoms with Gasteiger partial charge in [0.05, 0.1) is 18.1 Å². The summed E-state index contributed by atoms with van der Waals surface area (Å²) in [5.41, 5.74) is 3.38. The van der Waals surface area contributed by atoms with Gasteiger partial charge in [0.1, 0.15) is 0 Å². The lowest BCUT2D eigenvalue weighted by Gasteiger charge is -2.15. The molecule has 0 aromatic heterocycles. The van der Waals surface area contributed by atoms with Crippen LogP contribution in [0.5, 0.6) is 11.5 Å². The van der Waals surface area contributed by atoms with E-state index in [0.717, 1.165) is 32.1 Å². The van der Waals surface area contributed by atoms with Crippen LogP contribution >= 0.6 is 34.4 Å². The Bertz CT molecular complexity index is 1400. The number of anilines is 1. The van der Waals surface area contributed by atoms with Crippen molar-refractivity contribution in [2.75, 3.05) is 18.5 Å². The number of para-hydroxylation sites is 1. The highest BCUT2D eigenvalue weighted by atomic mass is 127. The fourth-order valence-electron chi connectivity index (χ4n) is 4.01. The van der Waals surface area contributed by atoms with E-state index in [2.05, 4.69) is 41.8 Å². The molecule has 0 aliphatic carbocycles. The molecule has 3 aromatic carbocycles. The van der Waals surface area contributed by atoms with Crippen molar-refractivity contribution in [1.29, 1.82) is 0 Å². The van der Waals surface area contributed by atoms with Gasteiger partial charge in [-0.15, -0.1) is 0 Å². The van der Waals surface area contributed by atoms with Gasteiger partial charge in [0.2, 0.25) is 0 Å². The third-order valence-electron chi connectivity index (χ3n) is 5.91. The molecule has 9 heteroatoms. The molecule has 1 aliphatic rings. The van der Waals surface area contributed by atoms with Crippen LogP contribution in [0.25, 0.3) is 6.08 Å².